The van der Waals surface area contributed by atoms with Gasteiger partial charge in [0.05, 0.1) is 21.7 Å². The summed E-state index contributed by atoms with van der Waals surface area (Å²) < 4.78 is 5.42. The number of carbonyl (C=O) groups is 2. The van der Waals surface area contributed by atoms with Crippen molar-refractivity contribution in [3.8, 4) is 10.6 Å². The molecular formula is C24H16N2O3S. The number of aromatic amines is 1. The third-order valence-corrected chi connectivity index (χ3v) is 5.83. The van der Waals surface area contributed by atoms with Gasteiger partial charge in [-0.1, -0.05) is 42.5 Å². The van der Waals surface area contributed by atoms with Gasteiger partial charge in [-0.05, 0) is 29.6 Å². The number of hydrogen-bond donors (Lipinski definition) is 1. The highest BCUT2D eigenvalue weighted by molar-refractivity contribution is 7.13. The second-order valence-corrected chi connectivity index (χ2v) is 7.74. The minimum absolute atomic E-state index is 0.252. The fourth-order valence-electron chi connectivity index (χ4n) is 3.48. The number of fused-ring (bicyclic) bond motifs is 2. The summed E-state index contributed by atoms with van der Waals surface area (Å²) in [6.07, 6.45) is 1.65. The van der Waals surface area contributed by atoms with Crippen molar-refractivity contribution < 1.29 is 14.3 Å². The van der Waals surface area contributed by atoms with Crippen LogP contribution in [0.3, 0.4) is 0 Å². The molecule has 30 heavy (non-hydrogen) atoms. The molecular weight excluding hydrogens is 396 g/mol. The molecule has 1 N–H and O–H groups in total. The highest BCUT2D eigenvalue weighted by Crippen LogP contribution is 2.28. The number of nitrogens with one attached hydrogen (secondary N) is 1. The zero-order chi connectivity index (χ0) is 20.5. The fraction of sp³-hybridized carbons (Fsp3) is 0.0417. The van der Waals surface area contributed by atoms with Gasteiger partial charge >= 0.3 is 5.97 Å². The Hall–Kier alpha value is -3.77. The van der Waals surface area contributed by atoms with Gasteiger partial charge in [0.2, 0.25) is 5.78 Å². The first-order valence-electron chi connectivity index (χ1n) is 9.41. The van der Waals surface area contributed by atoms with Crippen molar-refractivity contribution in [2.75, 3.05) is 6.61 Å². The molecule has 5 aromatic rings. The van der Waals surface area contributed by atoms with Gasteiger partial charge in [0.1, 0.15) is 0 Å². The molecule has 0 fully saturated rings. The number of pyridine rings is 1. The molecule has 0 atom stereocenters. The number of hydrogen-bond acceptors (Lipinski definition) is 5. The number of H-pyrrole nitrogens is 1. The molecule has 0 spiro atoms. The lowest BCUT2D eigenvalue weighted by Crippen LogP contribution is -2.14. The lowest BCUT2D eigenvalue weighted by atomic mass is 10.1. The Morgan fingerprint density at radius 1 is 0.933 bits per heavy atom. The van der Waals surface area contributed by atoms with Gasteiger partial charge in [-0.25, -0.2) is 9.78 Å². The highest BCUT2D eigenvalue weighted by Gasteiger charge is 2.18. The molecule has 0 saturated heterocycles. The molecule has 0 unspecified atom stereocenters. The summed E-state index contributed by atoms with van der Waals surface area (Å²) in [7, 11) is 0. The quantitative estimate of drug-likeness (QED) is 0.306. The van der Waals surface area contributed by atoms with E-state index in [4.69, 9.17) is 4.74 Å². The molecule has 5 nitrogen and oxygen atoms in total. The van der Waals surface area contributed by atoms with Crippen LogP contribution < -0.4 is 0 Å². The van der Waals surface area contributed by atoms with E-state index in [1.165, 1.54) is 0 Å². The predicted octanol–water partition coefficient (Wildman–Crippen LogP) is 5.48. The second kappa shape index (κ2) is 7.57. The van der Waals surface area contributed by atoms with Gasteiger partial charge in [0.25, 0.3) is 0 Å². The Bertz CT molecular complexity index is 1390. The van der Waals surface area contributed by atoms with Crippen molar-refractivity contribution in [1.82, 2.24) is 9.97 Å². The number of nitrogens with zero attached hydrogens (tertiary/aromatic N) is 1. The van der Waals surface area contributed by atoms with Crippen LogP contribution in [0.15, 0.2) is 78.3 Å². The molecule has 3 heterocycles. The minimum atomic E-state index is -0.542. The number of carbonyl (C=O) groups excluding carboxylic acids is 2. The lowest BCUT2D eigenvalue weighted by Gasteiger charge is -2.09. The first kappa shape index (κ1) is 18.3. The van der Waals surface area contributed by atoms with Crippen LogP contribution in [0.1, 0.15) is 20.7 Å². The number of aromatic nitrogens is 2. The van der Waals surface area contributed by atoms with Crippen molar-refractivity contribution >= 4 is 44.9 Å². The molecule has 6 heteroatoms. The number of ketones is 1. The van der Waals surface area contributed by atoms with Crippen molar-refractivity contribution in [3.63, 3.8) is 0 Å². The second-order valence-electron chi connectivity index (χ2n) is 6.80. The van der Waals surface area contributed by atoms with E-state index < -0.39 is 5.97 Å². The van der Waals surface area contributed by atoms with Gasteiger partial charge in [-0.15, -0.1) is 11.3 Å². The normalized spacial score (nSPS) is 11.1. The standard InChI is InChI=1S/C24H16N2O3S/c27-22(18-13-25-19-8-3-1-7-16(18)19)14-29-24(28)17-12-21(23-10-5-11-30-23)26-20-9-4-2-6-15(17)20/h1-13,25H,14H2. The van der Waals surface area contributed by atoms with Crippen LogP contribution in [-0.4, -0.2) is 28.3 Å². The number of ether oxygens (including phenoxy) is 1. The number of thiophene rings is 1. The molecule has 0 bridgehead atoms. The van der Waals surface area contributed by atoms with Crippen LogP contribution in [0.5, 0.6) is 0 Å². The van der Waals surface area contributed by atoms with Crippen LogP contribution in [0.4, 0.5) is 0 Å². The van der Waals surface area contributed by atoms with E-state index in [0.29, 0.717) is 27.7 Å². The first-order chi connectivity index (χ1) is 14.7. The smallest absolute Gasteiger partial charge is 0.339 e. The number of rotatable bonds is 5. The van der Waals surface area contributed by atoms with Crippen LogP contribution in [0.25, 0.3) is 32.4 Å². The molecule has 0 aliphatic heterocycles. The molecule has 2 aromatic carbocycles. The van der Waals surface area contributed by atoms with Crippen LogP contribution in [0.2, 0.25) is 0 Å². The molecule has 146 valence electrons. The molecule has 0 saturated carbocycles. The summed E-state index contributed by atoms with van der Waals surface area (Å²) in [5, 5.41) is 3.47. The zero-order valence-corrected chi connectivity index (χ0v) is 16.6. The van der Waals surface area contributed by atoms with Crippen molar-refractivity contribution in [2.24, 2.45) is 0 Å². The highest BCUT2D eigenvalue weighted by atomic mass is 32.1. The summed E-state index contributed by atoms with van der Waals surface area (Å²) >= 11 is 1.55. The van der Waals surface area contributed by atoms with E-state index in [-0.39, 0.29) is 12.4 Å². The summed E-state index contributed by atoms with van der Waals surface area (Å²) in [6.45, 7) is -0.328. The Morgan fingerprint density at radius 3 is 2.57 bits per heavy atom. The van der Waals surface area contributed by atoms with Gasteiger partial charge in [0.15, 0.2) is 6.61 Å². The monoisotopic (exact) mass is 412 g/mol. The van der Waals surface area contributed by atoms with Gasteiger partial charge in [0, 0.05) is 28.0 Å². The Morgan fingerprint density at radius 2 is 1.73 bits per heavy atom. The average Bonchev–Trinajstić information content (AvgIpc) is 3.46. The number of benzene rings is 2. The summed E-state index contributed by atoms with van der Waals surface area (Å²) in [6, 6.07) is 20.6. The number of para-hydroxylation sites is 2. The maximum atomic E-state index is 12.9. The van der Waals surface area contributed by atoms with Crippen molar-refractivity contribution in [1.29, 1.82) is 0 Å². The molecule has 5 rings (SSSR count). The third-order valence-electron chi connectivity index (χ3n) is 4.93. The van der Waals surface area contributed by atoms with E-state index in [1.54, 1.807) is 23.6 Å². The van der Waals surface area contributed by atoms with Crippen LogP contribution in [0, 0.1) is 0 Å². The SMILES string of the molecule is O=C(OCC(=O)c1c[nH]c2ccccc12)c1cc(-c2cccs2)nc2ccccc12. The first-order valence-corrected chi connectivity index (χ1v) is 10.3. The lowest BCUT2D eigenvalue weighted by molar-refractivity contribution is 0.0477. The average molecular weight is 412 g/mol. The van der Waals surface area contributed by atoms with Crippen LogP contribution in [-0.2, 0) is 4.74 Å². The topological polar surface area (TPSA) is 72.1 Å². The molecule has 0 radical (unpaired) electrons. The zero-order valence-electron chi connectivity index (χ0n) is 15.8. The summed E-state index contributed by atoms with van der Waals surface area (Å²) in [5.74, 6) is -0.794. The van der Waals surface area contributed by atoms with Gasteiger partial charge in [-0.3, -0.25) is 4.79 Å². The summed E-state index contributed by atoms with van der Waals surface area (Å²) in [5.41, 5.74) is 3.19. The fourth-order valence-corrected chi connectivity index (χ4v) is 4.17. The van der Waals surface area contributed by atoms with Crippen molar-refractivity contribution in [3.05, 3.63) is 89.4 Å². The van der Waals surface area contributed by atoms with E-state index in [0.717, 1.165) is 15.8 Å². The van der Waals surface area contributed by atoms with E-state index in [9.17, 15) is 9.59 Å². The molecule has 3 aromatic heterocycles. The number of Topliss-reactive ketones (excluding diaryl/α,β-unsaturated/α-hetero) is 1. The van der Waals surface area contributed by atoms with E-state index >= 15 is 0 Å². The predicted molar refractivity (Wildman–Crippen MR) is 118 cm³/mol. The van der Waals surface area contributed by atoms with Crippen molar-refractivity contribution in [2.45, 2.75) is 0 Å². The third kappa shape index (κ3) is 3.27. The van der Waals surface area contributed by atoms with Crippen LogP contribution >= 0.6 is 11.3 Å². The summed E-state index contributed by atoms with van der Waals surface area (Å²) in [4.78, 5) is 34.3. The van der Waals surface area contributed by atoms with E-state index in [2.05, 4.69) is 9.97 Å². The molecule has 0 aliphatic carbocycles. The molecule has 0 aliphatic rings. The van der Waals surface area contributed by atoms with E-state index in [1.807, 2.05) is 66.0 Å². The Balaban J connectivity index is 1.44. The Labute approximate surface area is 176 Å². The largest absolute Gasteiger partial charge is 0.454 e. The minimum Gasteiger partial charge on any atom is -0.454 e. The van der Waals surface area contributed by atoms with Gasteiger partial charge < -0.3 is 9.72 Å². The molecule has 0 amide bonds. The maximum absolute atomic E-state index is 12.9. The number of esters is 1. The Kier molecular flexibility index (Phi) is 4.61. The maximum Gasteiger partial charge on any atom is 0.339 e. The van der Waals surface area contributed by atoms with Gasteiger partial charge in [-0.2, -0.15) is 0 Å².